The smallest absolute Gasteiger partial charge is 0.348 e. The zero-order valence-corrected chi connectivity index (χ0v) is 23.2. The molecular formula is C25H33N5O6S. The van der Waals surface area contributed by atoms with Crippen molar-refractivity contribution in [2.45, 2.75) is 73.4 Å². The number of rotatable bonds is 8. The minimum atomic E-state index is -0.671. The lowest BCUT2D eigenvalue weighted by Crippen LogP contribution is -2.34. The van der Waals surface area contributed by atoms with Crippen LogP contribution in [0.1, 0.15) is 85.7 Å². The van der Waals surface area contributed by atoms with Crippen molar-refractivity contribution < 1.29 is 23.9 Å². The number of esters is 2. The lowest BCUT2D eigenvalue weighted by atomic mass is 10.1. The van der Waals surface area contributed by atoms with Crippen molar-refractivity contribution in [1.29, 1.82) is 0 Å². The summed E-state index contributed by atoms with van der Waals surface area (Å²) in [5.41, 5.74) is 0.507. The van der Waals surface area contributed by atoms with E-state index in [1.807, 2.05) is 34.6 Å². The lowest BCUT2D eigenvalue weighted by Gasteiger charge is -2.21. The fourth-order valence-electron chi connectivity index (χ4n) is 3.88. The Kier molecular flexibility index (Phi) is 8.21. The molecule has 0 saturated carbocycles. The van der Waals surface area contributed by atoms with Crippen LogP contribution in [0.25, 0.3) is 10.9 Å². The summed E-state index contributed by atoms with van der Waals surface area (Å²) >= 11 is 0.920. The molecule has 0 aliphatic carbocycles. The summed E-state index contributed by atoms with van der Waals surface area (Å²) in [6.45, 7) is 14.5. The van der Waals surface area contributed by atoms with E-state index in [1.54, 1.807) is 31.6 Å². The van der Waals surface area contributed by atoms with Gasteiger partial charge in [-0.3, -0.25) is 14.3 Å². The molecule has 0 bridgehead atoms. The average molecular weight is 532 g/mol. The second-order valence-corrected chi connectivity index (χ2v) is 10.8. The van der Waals surface area contributed by atoms with E-state index in [9.17, 15) is 19.2 Å². The maximum absolute atomic E-state index is 13.4. The number of hydrogen-bond acceptors (Lipinski definition) is 9. The molecule has 0 aliphatic rings. The van der Waals surface area contributed by atoms with Gasteiger partial charge >= 0.3 is 11.9 Å². The topological polar surface area (TPSA) is 134 Å². The molecule has 0 aliphatic heterocycles. The van der Waals surface area contributed by atoms with Gasteiger partial charge in [0.25, 0.3) is 5.56 Å². The molecule has 11 nitrogen and oxygen atoms in total. The molecule has 37 heavy (non-hydrogen) atoms. The molecule has 3 aromatic rings. The minimum Gasteiger partial charge on any atom is -0.462 e. The first-order chi connectivity index (χ1) is 17.3. The Hall–Kier alpha value is -3.54. The maximum atomic E-state index is 13.4. The van der Waals surface area contributed by atoms with Crippen molar-refractivity contribution in [2.24, 2.45) is 0 Å². The van der Waals surface area contributed by atoms with Crippen LogP contribution in [-0.4, -0.2) is 50.6 Å². The van der Waals surface area contributed by atoms with Crippen LogP contribution in [0.4, 0.5) is 5.00 Å². The Morgan fingerprint density at radius 1 is 1.11 bits per heavy atom. The Balaban J connectivity index is 2.04. The highest BCUT2D eigenvalue weighted by Crippen LogP contribution is 2.34. The summed E-state index contributed by atoms with van der Waals surface area (Å²) in [6, 6.07) is 0. The van der Waals surface area contributed by atoms with Crippen LogP contribution in [0.3, 0.4) is 0 Å². The van der Waals surface area contributed by atoms with E-state index < -0.39 is 35.5 Å². The fraction of sp³-hybridized carbons (Fsp3) is 0.520. The normalized spacial score (nSPS) is 11.7. The molecule has 1 N–H and O–H groups in total. The number of thiophene rings is 1. The number of ether oxygens (including phenoxy) is 2. The Labute approximate surface area is 218 Å². The molecule has 0 aromatic carbocycles. The minimum absolute atomic E-state index is 0.0301. The molecule has 0 saturated heterocycles. The van der Waals surface area contributed by atoms with Crippen molar-refractivity contribution in [3.63, 3.8) is 0 Å². The van der Waals surface area contributed by atoms with Crippen LogP contribution in [0.2, 0.25) is 0 Å². The van der Waals surface area contributed by atoms with E-state index in [0.29, 0.717) is 22.2 Å². The summed E-state index contributed by atoms with van der Waals surface area (Å²) in [5, 5.41) is 12.3. The van der Waals surface area contributed by atoms with Crippen LogP contribution >= 0.6 is 11.3 Å². The van der Waals surface area contributed by atoms with E-state index >= 15 is 0 Å². The van der Waals surface area contributed by atoms with E-state index in [2.05, 4.69) is 15.5 Å². The molecule has 200 valence electrons. The number of aromatic nitrogens is 4. The summed E-state index contributed by atoms with van der Waals surface area (Å²) < 4.78 is 13.0. The maximum Gasteiger partial charge on any atom is 0.348 e. The molecule has 3 heterocycles. The lowest BCUT2D eigenvalue weighted by molar-refractivity contribution is -0.117. The Morgan fingerprint density at radius 3 is 2.30 bits per heavy atom. The highest BCUT2D eigenvalue weighted by Gasteiger charge is 2.28. The number of anilines is 1. The van der Waals surface area contributed by atoms with Gasteiger partial charge in [0.15, 0.2) is 0 Å². The molecule has 0 unspecified atom stereocenters. The molecule has 1 amide bonds. The van der Waals surface area contributed by atoms with E-state index in [-0.39, 0.29) is 34.6 Å². The average Bonchev–Trinajstić information content (AvgIpc) is 3.38. The number of amides is 1. The molecule has 12 heteroatoms. The predicted octanol–water partition coefficient (Wildman–Crippen LogP) is 3.83. The van der Waals surface area contributed by atoms with Crippen LogP contribution < -0.4 is 10.9 Å². The van der Waals surface area contributed by atoms with Gasteiger partial charge in [0.2, 0.25) is 5.91 Å². The second kappa shape index (κ2) is 10.8. The molecule has 0 atom stereocenters. The van der Waals surface area contributed by atoms with Gasteiger partial charge in [-0.25, -0.2) is 14.3 Å². The molecule has 3 rings (SSSR count). The van der Waals surface area contributed by atoms with Gasteiger partial charge in [0, 0.05) is 5.39 Å². The monoisotopic (exact) mass is 531 g/mol. The Morgan fingerprint density at radius 2 is 1.73 bits per heavy atom. The van der Waals surface area contributed by atoms with Gasteiger partial charge in [-0.15, -0.1) is 11.3 Å². The summed E-state index contributed by atoms with van der Waals surface area (Å²) in [6.07, 6.45) is 1.63. The van der Waals surface area contributed by atoms with Crippen LogP contribution in [0, 0.1) is 6.92 Å². The fourth-order valence-corrected chi connectivity index (χ4v) is 4.98. The first-order valence-electron chi connectivity index (χ1n) is 12.1. The van der Waals surface area contributed by atoms with E-state index in [4.69, 9.17) is 9.47 Å². The first-order valence-corrected chi connectivity index (χ1v) is 12.9. The first kappa shape index (κ1) is 28.0. The van der Waals surface area contributed by atoms with Gasteiger partial charge in [-0.2, -0.15) is 10.2 Å². The number of nitrogens with zero attached hydrogens (tertiary/aromatic N) is 4. The third-order valence-electron chi connectivity index (χ3n) is 5.53. The standard InChI is InChI=1S/C25H33N5O6S/c1-9-35-23(33)17-14(5)20(24(34)36-10-2)37-21(17)27-16(31)12-29-22(32)19-15(18(28-29)13(3)4)11-26-30(19)25(6,7)8/h11,13H,9-10,12H2,1-8H3,(H,27,31). The SMILES string of the molecule is CCOC(=O)c1sc(NC(=O)Cn2nc(C(C)C)c3cnn(C(C)(C)C)c3c2=O)c(C(=O)OCC)c1C. The molecule has 3 aromatic heterocycles. The van der Waals surface area contributed by atoms with Gasteiger partial charge < -0.3 is 14.8 Å². The zero-order valence-electron chi connectivity index (χ0n) is 22.4. The van der Waals surface area contributed by atoms with Gasteiger partial charge in [-0.05, 0) is 53.0 Å². The number of carbonyl (C=O) groups excluding carboxylic acids is 3. The van der Waals surface area contributed by atoms with Crippen LogP contribution in [0.5, 0.6) is 0 Å². The highest BCUT2D eigenvalue weighted by molar-refractivity contribution is 7.18. The van der Waals surface area contributed by atoms with Crippen molar-refractivity contribution >= 4 is 45.1 Å². The number of carbonyl (C=O) groups is 3. The van der Waals surface area contributed by atoms with E-state index in [0.717, 1.165) is 16.0 Å². The van der Waals surface area contributed by atoms with E-state index in [1.165, 1.54) is 0 Å². The van der Waals surface area contributed by atoms with Gasteiger partial charge in [0.1, 0.15) is 21.9 Å². The number of nitrogens with one attached hydrogen (secondary N) is 1. The van der Waals surface area contributed by atoms with Crippen molar-refractivity contribution in [3.8, 4) is 0 Å². The van der Waals surface area contributed by atoms with Crippen LogP contribution in [0.15, 0.2) is 11.0 Å². The Bertz CT molecular complexity index is 1410. The highest BCUT2D eigenvalue weighted by atomic mass is 32.1. The van der Waals surface area contributed by atoms with Crippen molar-refractivity contribution in [3.05, 3.63) is 38.2 Å². The summed E-state index contributed by atoms with van der Waals surface area (Å²) in [7, 11) is 0. The quantitative estimate of drug-likeness (QED) is 0.433. The number of fused-ring (bicyclic) bond motifs is 1. The van der Waals surface area contributed by atoms with Gasteiger partial charge in [-0.1, -0.05) is 13.8 Å². The summed E-state index contributed by atoms with van der Waals surface area (Å²) in [5.74, 6) is -1.89. The molecular weight excluding hydrogens is 498 g/mol. The van der Waals surface area contributed by atoms with Crippen molar-refractivity contribution in [1.82, 2.24) is 19.6 Å². The summed E-state index contributed by atoms with van der Waals surface area (Å²) in [4.78, 5) is 51.8. The number of hydrogen-bond donors (Lipinski definition) is 1. The zero-order chi connectivity index (χ0) is 27.7. The third-order valence-corrected chi connectivity index (χ3v) is 6.71. The molecule has 0 fully saturated rings. The van der Waals surface area contributed by atoms with Gasteiger partial charge in [0.05, 0.1) is 36.2 Å². The predicted molar refractivity (Wildman–Crippen MR) is 140 cm³/mol. The largest absolute Gasteiger partial charge is 0.462 e. The molecule has 0 spiro atoms. The molecule has 0 radical (unpaired) electrons. The third kappa shape index (κ3) is 5.58. The van der Waals surface area contributed by atoms with Crippen LogP contribution in [-0.2, 0) is 26.4 Å². The second-order valence-electron chi connectivity index (χ2n) is 9.74. The van der Waals surface area contributed by atoms with Crippen molar-refractivity contribution in [2.75, 3.05) is 18.5 Å².